The number of carbonyl (C=O) groups is 2. The summed E-state index contributed by atoms with van der Waals surface area (Å²) in [6.45, 7) is 5.33. The van der Waals surface area contributed by atoms with Crippen molar-refractivity contribution in [1.29, 1.82) is 0 Å². The second kappa shape index (κ2) is 6.00. The molecule has 0 atom stereocenters. The highest BCUT2D eigenvalue weighted by molar-refractivity contribution is 6.09. The summed E-state index contributed by atoms with van der Waals surface area (Å²) >= 11 is 0. The third-order valence-electron chi connectivity index (χ3n) is 2.83. The third-order valence-corrected chi connectivity index (χ3v) is 2.83. The molecular weight excluding hydrogens is 230 g/mol. The van der Waals surface area contributed by atoms with Gasteiger partial charge in [0.15, 0.2) is 0 Å². The Bertz CT molecular complexity index is 477. The van der Waals surface area contributed by atoms with E-state index in [9.17, 15) is 9.59 Å². The number of para-hydroxylation sites is 1. The summed E-state index contributed by atoms with van der Waals surface area (Å²) in [7, 11) is 0. The predicted octanol–water partition coefficient (Wildman–Crippen LogP) is 2.46. The van der Waals surface area contributed by atoms with Crippen molar-refractivity contribution in [3.63, 3.8) is 0 Å². The van der Waals surface area contributed by atoms with Crippen molar-refractivity contribution in [3.05, 3.63) is 41.5 Å². The van der Waals surface area contributed by atoms with Crippen LogP contribution in [-0.4, -0.2) is 23.5 Å². The zero-order chi connectivity index (χ0) is 13.7. The summed E-state index contributed by atoms with van der Waals surface area (Å²) in [4.78, 5) is 24.6. The lowest BCUT2D eigenvalue weighted by molar-refractivity contribution is -0.133. The number of amides is 1. The quantitative estimate of drug-likeness (QED) is 0.831. The van der Waals surface area contributed by atoms with E-state index in [1.54, 1.807) is 4.90 Å². The van der Waals surface area contributed by atoms with Crippen LogP contribution in [0.4, 0.5) is 5.69 Å². The van der Waals surface area contributed by atoms with Crippen LogP contribution in [0.2, 0.25) is 0 Å². The topological polar surface area (TPSA) is 57.6 Å². The van der Waals surface area contributed by atoms with Crippen molar-refractivity contribution in [2.45, 2.75) is 20.8 Å². The van der Waals surface area contributed by atoms with Crippen molar-refractivity contribution in [3.8, 4) is 0 Å². The van der Waals surface area contributed by atoms with Crippen LogP contribution in [0.3, 0.4) is 0 Å². The maximum absolute atomic E-state index is 12.2. The average molecular weight is 247 g/mol. The van der Waals surface area contributed by atoms with Gasteiger partial charge in [-0.1, -0.05) is 18.2 Å². The first-order valence-corrected chi connectivity index (χ1v) is 5.76. The minimum atomic E-state index is -1.06. The molecule has 1 amide bonds. The molecule has 0 aromatic heterocycles. The molecule has 0 bridgehead atoms. The van der Waals surface area contributed by atoms with Crippen LogP contribution in [0.15, 0.2) is 41.5 Å². The molecule has 0 unspecified atom stereocenters. The van der Waals surface area contributed by atoms with Crippen LogP contribution in [0.25, 0.3) is 0 Å². The molecule has 0 saturated carbocycles. The Morgan fingerprint density at radius 2 is 1.67 bits per heavy atom. The lowest BCUT2D eigenvalue weighted by Crippen LogP contribution is -2.32. The predicted molar refractivity (Wildman–Crippen MR) is 70.5 cm³/mol. The Hall–Kier alpha value is -2.10. The lowest BCUT2D eigenvalue weighted by atomic mass is 10.1. The zero-order valence-corrected chi connectivity index (χ0v) is 10.8. The number of rotatable bonds is 4. The van der Waals surface area contributed by atoms with Gasteiger partial charge in [-0.3, -0.25) is 4.79 Å². The van der Waals surface area contributed by atoms with Gasteiger partial charge in [0.25, 0.3) is 5.91 Å². The Kier molecular flexibility index (Phi) is 4.66. The maximum Gasteiger partial charge on any atom is 0.331 e. The minimum Gasteiger partial charge on any atom is -0.478 e. The normalized spacial score (nSPS) is 11.7. The highest BCUT2D eigenvalue weighted by Gasteiger charge is 2.19. The van der Waals surface area contributed by atoms with Crippen molar-refractivity contribution in [1.82, 2.24) is 0 Å². The lowest BCUT2D eigenvalue weighted by Gasteiger charge is -2.21. The summed E-state index contributed by atoms with van der Waals surface area (Å²) in [5.41, 5.74) is 1.10. The molecule has 0 saturated heterocycles. The van der Waals surface area contributed by atoms with Crippen molar-refractivity contribution in [2.75, 3.05) is 11.4 Å². The highest BCUT2D eigenvalue weighted by atomic mass is 16.4. The monoisotopic (exact) mass is 247 g/mol. The van der Waals surface area contributed by atoms with Gasteiger partial charge >= 0.3 is 5.97 Å². The molecule has 0 radical (unpaired) electrons. The van der Waals surface area contributed by atoms with Gasteiger partial charge in [-0.25, -0.2) is 4.79 Å². The SMILES string of the molecule is CCN(C(=O)C(C)=C(C)C(=O)O)c1ccccc1. The van der Waals surface area contributed by atoms with Crippen LogP contribution in [0, 0.1) is 0 Å². The molecule has 0 aliphatic carbocycles. The van der Waals surface area contributed by atoms with E-state index in [2.05, 4.69) is 0 Å². The average Bonchev–Trinajstić information content (AvgIpc) is 2.38. The molecule has 1 aromatic rings. The molecule has 0 spiro atoms. The molecular formula is C14H17NO3. The smallest absolute Gasteiger partial charge is 0.331 e. The van der Waals surface area contributed by atoms with Gasteiger partial charge in [0.05, 0.1) is 0 Å². The molecule has 4 heteroatoms. The summed E-state index contributed by atoms with van der Waals surface area (Å²) < 4.78 is 0. The van der Waals surface area contributed by atoms with E-state index in [1.165, 1.54) is 13.8 Å². The number of hydrogen-bond donors (Lipinski definition) is 1. The third kappa shape index (κ3) is 2.97. The van der Waals surface area contributed by atoms with Crippen molar-refractivity contribution in [2.24, 2.45) is 0 Å². The zero-order valence-electron chi connectivity index (χ0n) is 10.8. The number of likely N-dealkylation sites (N-methyl/N-ethyl adjacent to an activating group) is 1. The molecule has 0 heterocycles. The summed E-state index contributed by atoms with van der Waals surface area (Å²) in [6.07, 6.45) is 0. The molecule has 0 aliphatic rings. The first-order chi connectivity index (χ1) is 8.49. The maximum atomic E-state index is 12.2. The molecule has 1 rings (SSSR count). The van der Waals surface area contributed by atoms with Crippen molar-refractivity contribution >= 4 is 17.6 Å². The Morgan fingerprint density at radius 3 is 2.11 bits per heavy atom. The number of carbonyl (C=O) groups excluding carboxylic acids is 1. The van der Waals surface area contributed by atoms with Gasteiger partial charge in [0, 0.05) is 23.4 Å². The van der Waals surface area contributed by atoms with E-state index < -0.39 is 5.97 Å². The number of aliphatic carboxylic acids is 1. The van der Waals surface area contributed by atoms with Gasteiger partial charge in [0.1, 0.15) is 0 Å². The van der Waals surface area contributed by atoms with Crippen molar-refractivity contribution < 1.29 is 14.7 Å². The number of benzene rings is 1. The fourth-order valence-corrected chi connectivity index (χ4v) is 1.57. The Morgan fingerprint density at radius 1 is 1.11 bits per heavy atom. The number of anilines is 1. The second-order valence-electron chi connectivity index (χ2n) is 3.94. The number of hydrogen-bond acceptors (Lipinski definition) is 2. The van der Waals surface area contributed by atoms with E-state index >= 15 is 0 Å². The van der Waals surface area contributed by atoms with Gasteiger partial charge in [-0.15, -0.1) is 0 Å². The number of carboxylic acid groups (broad SMARTS) is 1. The fourth-order valence-electron chi connectivity index (χ4n) is 1.57. The molecule has 18 heavy (non-hydrogen) atoms. The van der Waals surface area contributed by atoms with E-state index in [1.807, 2.05) is 37.3 Å². The van der Waals surface area contributed by atoms with E-state index in [0.29, 0.717) is 6.54 Å². The van der Waals surface area contributed by atoms with Gasteiger partial charge in [0.2, 0.25) is 0 Å². The molecule has 4 nitrogen and oxygen atoms in total. The molecule has 0 fully saturated rings. The summed E-state index contributed by atoms with van der Waals surface area (Å²) in [6, 6.07) is 9.20. The summed E-state index contributed by atoms with van der Waals surface area (Å²) in [5.74, 6) is -1.34. The Balaban J connectivity index is 3.08. The standard InChI is InChI=1S/C14H17NO3/c1-4-15(12-8-6-5-7-9-12)13(16)10(2)11(3)14(17)18/h5-9H,4H2,1-3H3,(H,17,18). The number of nitrogens with zero attached hydrogens (tertiary/aromatic N) is 1. The first kappa shape index (κ1) is 14.0. The van der Waals surface area contributed by atoms with Crippen LogP contribution >= 0.6 is 0 Å². The molecule has 96 valence electrons. The van der Waals surface area contributed by atoms with E-state index in [0.717, 1.165) is 5.69 Å². The fraction of sp³-hybridized carbons (Fsp3) is 0.286. The highest BCUT2D eigenvalue weighted by Crippen LogP contribution is 2.17. The minimum absolute atomic E-state index is 0.0781. The summed E-state index contributed by atoms with van der Waals surface area (Å²) in [5, 5.41) is 8.90. The van der Waals surface area contributed by atoms with E-state index in [4.69, 9.17) is 5.11 Å². The first-order valence-electron chi connectivity index (χ1n) is 5.76. The second-order valence-corrected chi connectivity index (χ2v) is 3.94. The molecule has 1 aromatic carbocycles. The Labute approximate surface area is 107 Å². The van der Waals surface area contributed by atoms with Crippen LogP contribution in [0.5, 0.6) is 0 Å². The van der Waals surface area contributed by atoms with E-state index in [-0.39, 0.29) is 17.1 Å². The number of carboxylic acids is 1. The van der Waals surface area contributed by atoms with Crippen LogP contribution in [-0.2, 0) is 9.59 Å². The largest absolute Gasteiger partial charge is 0.478 e. The molecule has 0 aliphatic heterocycles. The van der Waals surface area contributed by atoms with Crippen LogP contribution < -0.4 is 4.90 Å². The van der Waals surface area contributed by atoms with Gasteiger partial charge in [-0.2, -0.15) is 0 Å². The van der Waals surface area contributed by atoms with Gasteiger partial charge in [-0.05, 0) is 32.9 Å². The molecule has 1 N–H and O–H groups in total. The van der Waals surface area contributed by atoms with Gasteiger partial charge < -0.3 is 10.0 Å². The van der Waals surface area contributed by atoms with Crippen LogP contribution in [0.1, 0.15) is 20.8 Å².